The minimum Gasteiger partial charge on any atom is -0.338 e. The SMILES string of the molecule is O=S1(=O)CC[C@H]([NH+]2CCN(C(=S)Nc3ccc(Cl)cc3)CC2)C1. The zero-order valence-electron chi connectivity index (χ0n) is 12.8. The molecule has 1 atom stereocenters. The van der Waals surface area contributed by atoms with Crippen LogP contribution in [0.4, 0.5) is 5.69 Å². The maximum Gasteiger partial charge on any atom is 0.173 e. The minimum atomic E-state index is -2.80. The van der Waals surface area contributed by atoms with Crippen LogP contribution in [0.5, 0.6) is 0 Å². The van der Waals surface area contributed by atoms with Crippen molar-refractivity contribution >= 4 is 44.5 Å². The molecule has 2 saturated heterocycles. The van der Waals surface area contributed by atoms with Crippen molar-refractivity contribution in [2.45, 2.75) is 12.5 Å². The van der Waals surface area contributed by atoms with Gasteiger partial charge in [0.05, 0.1) is 31.9 Å². The van der Waals surface area contributed by atoms with E-state index in [1.165, 1.54) is 4.90 Å². The first kappa shape index (κ1) is 17.0. The van der Waals surface area contributed by atoms with E-state index < -0.39 is 9.84 Å². The molecule has 1 aromatic carbocycles. The molecule has 0 radical (unpaired) electrons. The zero-order chi connectivity index (χ0) is 16.4. The van der Waals surface area contributed by atoms with E-state index in [0.717, 1.165) is 38.3 Å². The predicted octanol–water partition coefficient (Wildman–Crippen LogP) is 0.424. The zero-order valence-corrected chi connectivity index (χ0v) is 15.2. The quantitative estimate of drug-likeness (QED) is 0.735. The van der Waals surface area contributed by atoms with E-state index in [1.54, 1.807) is 0 Å². The van der Waals surface area contributed by atoms with Crippen LogP contribution in [0.25, 0.3) is 0 Å². The number of quaternary nitrogens is 1. The van der Waals surface area contributed by atoms with Crippen molar-refractivity contribution in [3.05, 3.63) is 29.3 Å². The molecule has 23 heavy (non-hydrogen) atoms. The average Bonchev–Trinajstić information content (AvgIpc) is 2.90. The summed E-state index contributed by atoms with van der Waals surface area (Å²) in [6, 6.07) is 7.73. The predicted molar refractivity (Wildman–Crippen MR) is 97.0 cm³/mol. The Kier molecular flexibility index (Phi) is 5.10. The molecule has 2 aliphatic rings. The summed E-state index contributed by atoms with van der Waals surface area (Å²) < 4.78 is 23.2. The van der Waals surface area contributed by atoms with Crippen molar-refractivity contribution in [1.29, 1.82) is 0 Å². The van der Waals surface area contributed by atoms with Crippen molar-refractivity contribution in [3.63, 3.8) is 0 Å². The van der Waals surface area contributed by atoms with Gasteiger partial charge in [0.15, 0.2) is 14.9 Å². The van der Waals surface area contributed by atoms with Crippen LogP contribution < -0.4 is 10.2 Å². The molecular formula is C15H21ClN3O2S2+. The van der Waals surface area contributed by atoms with Crippen LogP contribution in [0.2, 0.25) is 5.02 Å². The molecule has 2 heterocycles. The maximum absolute atomic E-state index is 11.6. The molecular weight excluding hydrogens is 354 g/mol. The van der Waals surface area contributed by atoms with Gasteiger partial charge in [-0.3, -0.25) is 0 Å². The van der Waals surface area contributed by atoms with Crippen LogP contribution in [0, 0.1) is 0 Å². The highest BCUT2D eigenvalue weighted by Crippen LogP contribution is 2.14. The molecule has 0 saturated carbocycles. The van der Waals surface area contributed by atoms with Crippen LogP contribution >= 0.6 is 23.8 Å². The van der Waals surface area contributed by atoms with E-state index in [2.05, 4.69) is 10.2 Å². The van der Waals surface area contributed by atoms with E-state index in [9.17, 15) is 8.42 Å². The number of nitrogens with zero attached hydrogens (tertiary/aromatic N) is 1. The topological polar surface area (TPSA) is 53.9 Å². The lowest BCUT2D eigenvalue weighted by Crippen LogP contribution is -3.18. The first-order chi connectivity index (χ1) is 10.9. The van der Waals surface area contributed by atoms with Crippen LogP contribution in [0.3, 0.4) is 0 Å². The highest BCUT2D eigenvalue weighted by molar-refractivity contribution is 7.91. The number of hydrogen-bond acceptors (Lipinski definition) is 3. The fourth-order valence-corrected chi connectivity index (χ4v) is 5.51. The molecule has 0 aromatic heterocycles. The molecule has 0 amide bonds. The summed E-state index contributed by atoms with van der Waals surface area (Å²) in [5, 5.41) is 4.64. The summed E-state index contributed by atoms with van der Waals surface area (Å²) in [6.45, 7) is 3.57. The Morgan fingerprint density at radius 2 is 1.91 bits per heavy atom. The normalized spacial score (nSPS) is 24.6. The van der Waals surface area contributed by atoms with E-state index >= 15 is 0 Å². The highest BCUT2D eigenvalue weighted by Gasteiger charge is 2.37. The second-order valence-electron chi connectivity index (χ2n) is 6.18. The van der Waals surface area contributed by atoms with Crippen LogP contribution in [0.15, 0.2) is 24.3 Å². The van der Waals surface area contributed by atoms with Gasteiger partial charge in [-0.2, -0.15) is 0 Å². The Hall–Kier alpha value is -0.890. The summed E-state index contributed by atoms with van der Waals surface area (Å²) >= 11 is 11.4. The maximum atomic E-state index is 11.6. The summed E-state index contributed by atoms with van der Waals surface area (Å²) in [7, 11) is -2.80. The number of nitrogens with one attached hydrogen (secondary N) is 2. The monoisotopic (exact) mass is 374 g/mol. The van der Waals surface area contributed by atoms with Gasteiger partial charge in [0.25, 0.3) is 0 Å². The molecule has 2 fully saturated rings. The molecule has 2 N–H and O–H groups in total. The van der Waals surface area contributed by atoms with Gasteiger partial charge in [0, 0.05) is 17.1 Å². The summed E-state index contributed by atoms with van der Waals surface area (Å²) in [6.07, 6.45) is 0.797. The number of piperazine rings is 1. The highest BCUT2D eigenvalue weighted by atomic mass is 35.5. The smallest absolute Gasteiger partial charge is 0.173 e. The molecule has 2 aliphatic heterocycles. The molecule has 0 bridgehead atoms. The number of thiocarbonyl (C=S) groups is 1. The average molecular weight is 375 g/mol. The third-order valence-corrected chi connectivity index (χ3v) is 6.98. The van der Waals surface area contributed by atoms with Gasteiger partial charge in [-0.15, -0.1) is 0 Å². The Bertz CT molecular complexity index is 670. The third-order valence-electron chi connectivity index (χ3n) is 4.60. The molecule has 1 aromatic rings. The van der Waals surface area contributed by atoms with Crippen molar-refractivity contribution < 1.29 is 13.3 Å². The first-order valence-corrected chi connectivity index (χ1v) is 10.4. The van der Waals surface area contributed by atoms with Crippen molar-refractivity contribution in [1.82, 2.24) is 4.90 Å². The number of anilines is 1. The number of rotatable bonds is 2. The van der Waals surface area contributed by atoms with Gasteiger partial charge >= 0.3 is 0 Å². The van der Waals surface area contributed by atoms with Crippen LogP contribution in [-0.2, 0) is 9.84 Å². The Morgan fingerprint density at radius 3 is 2.48 bits per heavy atom. The first-order valence-electron chi connectivity index (χ1n) is 7.79. The second kappa shape index (κ2) is 6.93. The van der Waals surface area contributed by atoms with E-state index in [-0.39, 0.29) is 6.04 Å². The van der Waals surface area contributed by atoms with E-state index in [4.69, 9.17) is 23.8 Å². The van der Waals surface area contributed by atoms with Gasteiger partial charge in [-0.05, 0) is 36.5 Å². The van der Waals surface area contributed by atoms with Gasteiger partial charge < -0.3 is 15.1 Å². The van der Waals surface area contributed by atoms with Gasteiger partial charge in [-0.1, -0.05) is 11.6 Å². The molecule has 5 nitrogen and oxygen atoms in total. The summed E-state index contributed by atoms with van der Waals surface area (Å²) in [5.74, 6) is 0.692. The number of halogens is 1. The van der Waals surface area contributed by atoms with Gasteiger partial charge in [0.2, 0.25) is 0 Å². The van der Waals surface area contributed by atoms with Crippen LogP contribution in [0.1, 0.15) is 6.42 Å². The fourth-order valence-electron chi connectivity index (χ4n) is 3.26. The van der Waals surface area contributed by atoms with Crippen molar-refractivity contribution in [3.8, 4) is 0 Å². The lowest BCUT2D eigenvalue weighted by atomic mass is 10.2. The summed E-state index contributed by atoms with van der Waals surface area (Å²) in [5.41, 5.74) is 0.927. The van der Waals surface area contributed by atoms with E-state index in [0.29, 0.717) is 21.6 Å². The number of benzene rings is 1. The number of hydrogen-bond donors (Lipinski definition) is 2. The fraction of sp³-hybridized carbons (Fsp3) is 0.533. The van der Waals surface area contributed by atoms with E-state index in [1.807, 2.05) is 24.3 Å². The molecule has 126 valence electrons. The Labute approximate surface area is 147 Å². The molecule has 0 spiro atoms. The molecule has 0 unspecified atom stereocenters. The van der Waals surface area contributed by atoms with Gasteiger partial charge in [-0.25, -0.2) is 8.42 Å². The lowest BCUT2D eigenvalue weighted by molar-refractivity contribution is -0.925. The van der Waals surface area contributed by atoms with Crippen LogP contribution in [-0.4, -0.2) is 62.2 Å². The standard InChI is InChI=1S/C15H20ClN3O2S2/c16-12-1-3-13(4-2-12)17-15(22)19-8-6-18(7-9-19)14-5-10-23(20,21)11-14/h1-4,14H,5-11H2,(H,17,22)/p+1/t14-/m0/s1. The minimum absolute atomic E-state index is 0.264. The lowest BCUT2D eigenvalue weighted by Gasteiger charge is -2.36. The second-order valence-corrected chi connectivity index (χ2v) is 9.23. The largest absolute Gasteiger partial charge is 0.338 e. The summed E-state index contributed by atoms with van der Waals surface area (Å²) in [4.78, 5) is 3.55. The molecule has 8 heteroatoms. The Morgan fingerprint density at radius 1 is 1.26 bits per heavy atom. The Balaban J connectivity index is 1.50. The van der Waals surface area contributed by atoms with Crippen molar-refractivity contribution in [2.24, 2.45) is 0 Å². The van der Waals surface area contributed by atoms with Crippen molar-refractivity contribution in [2.75, 3.05) is 43.0 Å². The molecule has 0 aliphatic carbocycles. The van der Waals surface area contributed by atoms with Gasteiger partial charge in [0.1, 0.15) is 11.8 Å². The molecule has 3 rings (SSSR count). The number of sulfone groups is 1. The third kappa shape index (κ3) is 4.35.